The molecule has 0 aliphatic heterocycles. The first kappa shape index (κ1) is 20.4. The summed E-state index contributed by atoms with van der Waals surface area (Å²) in [5.41, 5.74) is 3.78. The molecule has 0 saturated heterocycles. The molecule has 0 radical (unpaired) electrons. The molecule has 0 spiro atoms. The van der Waals surface area contributed by atoms with E-state index in [1.54, 1.807) is 6.20 Å². The normalized spacial score (nSPS) is 11.9. The Balaban J connectivity index is 1.46. The fourth-order valence-electron chi connectivity index (χ4n) is 3.67. The molecule has 1 atom stereocenters. The van der Waals surface area contributed by atoms with Crippen molar-refractivity contribution in [2.45, 2.75) is 32.9 Å². The van der Waals surface area contributed by atoms with Crippen LogP contribution in [0.3, 0.4) is 0 Å². The van der Waals surface area contributed by atoms with Crippen molar-refractivity contribution in [3.8, 4) is 0 Å². The molecule has 158 valence electrons. The Hall–Kier alpha value is -3.87. The standard InChI is InChI=1S/C24H25N5O2/c1-16-25-11-12-29(16)15-18-7-9-20(10-8-18)28-24(31)23(27-17(2)30)13-19-14-26-22-6-4-3-5-21(19)22/h3-12,14,23,26H,13,15H2,1-2H3,(H,27,30)(H,28,31). The maximum absolute atomic E-state index is 12.9. The molecule has 7 heteroatoms. The molecule has 4 aromatic rings. The van der Waals surface area contributed by atoms with Gasteiger partial charge in [0.05, 0.1) is 0 Å². The third-order valence-electron chi connectivity index (χ3n) is 5.29. The number of H-pyrrole nitrogens is 1. The molecule has 2 heterocycles. The molecule has 4 rings (SSSR count). The first-order valence-electron chi connectivity index (χ1n) is 10.2. The quantitative estimate of drug-likeness (QED) is 0.432. The number of aromatic amines is 1. The molecule has 2 aromatic heterocycles. The molecule has 0 aliphatic rings. The van der Waals surface area contributed by atoms with E-state index in [1.165, 1.54) is 6.92 Å². The zero-order chi connectivity index (χ0) is 21.8. The van der Waals surface area contributed by atoms with Gasteiger partial charge in [0, 0.05) is 55.1 Å². The first-order valence-corrected chi connectivity index (χ1v) is 10.2. The second-order valence-corrected chi connectivity index (χ2v) is 7.61. The fraction of sp³-hybridized carbons (Fsp3) is 0.208. The Bertz CT molecular complexity index is 1210. The number of rotatable bonds is 7. The molecule has 0 saturated carbocycles. The molecule has 3 N–H and O–H groups in total. The van der Waals surface area contributed by atoms with Gasteiger partial charge >= 0.3 is 0 Å². The van der Waals surface area contributed by atoms with E-state index < -0.39 is 6.04 Å². The Labute approximate surface area is 180 Å². The number of imidazole rings is 1. The van der Waals surface area contributed by atoms with Gasteiger partial charge in [-0.05, 0) is 36.2 Å². The first-order chi connectivity index (χ1) is 15.0. The predicted octanol–water partition coefficient (Wildman–Crippen LogP) is 3.41. The zero-order valence-electron chi connectivity index (χ0n) is 17.6. The topological polar surface area (TPSA) is 91.8 Å². The highest BCUT2D eigenvalue weighted by molar-refractivity contribution is 5.97. The number of hydrogen-bond donors (Lipinski definition) is 3. The number of nitrogens with one attached hydrogen (secondary N) is 3. The lowest BCUT2D eigenvalue weighted by Crippen LogP contribution is -2.44. The van der Waals surface area contributed by atoms with Crippen molar-refractivity contribution in [1.82, 2.24) is 19.9 Å². The lowest BCUT2D eigenvalue weighted by atomic mass is 10.0. The van der Waals surface area contributed by atoms with Crippen LogP contribution >= 0.6 is 0 Å². The van der Waals surface area contributed by atoms with Crippen LogP contribution in [0.25, 0.3) is 10.9 Å². The number of carbonyl (C=O) groups is 2. The van der Waals surface area contributed by atoms with E-state index in [2.05, 4.69) is 25.2 Å². The number of fused-ring (bicyclic) bond motifs is 1. The molecule has 0 fully saturated rings. The van der Waals surface area contributed by atoms with Gasteiger partial charge in [0.1, 0.15) is 11.9 Å². The monoisotopic (exact) mass is 415 g/mol. The summed E-state index contributed by atoms with van der Waals surface area (Å²) in [6.45, 7) is 4.10. The van der Waals surface area contributed by atoms with Crippen LogP contribution in [0.4, 0.5) is 5.69 Å². The van der Waals surface area contributed by atoms with Gasteiger partial charge in [0.2, 0.25) is 11.8 Å². The summed E-state index contributed by atoms with van der Waals surface area (Å²) in [6, 6.07) is 14.9. The number of carbonyl (C=O) groups excluding carboxylic acids is 2. The van der Waals surface area contributed by atoms with Crippen molar-refractivity contribution in [3.05, 3.63) is 84.1 Å². The number of hydrogen-bond acceptors (Lipinski definition) is 3. The minimum atomic E-state index is -0.676. The van der Waals surface area contributed by atoms with Gasteiger partial charge in [-0.15, -0.1) is 0 Å². The highest BCUT2D eigenvalue weighted by Crippen LogP contribution is 2.20. The SMILES string of the molecule is CC(=O)NC(Cc1c[nH]c2ccccc12)C(=O)Nc1ccc(Cn2ccnc2C)cc1. The molecule has 0 bridgehead atoms. The van der Waals surface area contributed by atoms with Gasteiger partial charge in [0.15, 0.2) is 0 Å². The molecular weight excluding hydrogens is 390 g/mol. The molecular formula is C24H25N5O2. The summed E-state index contributed by atoms with van der Waals surface area (Å²) in [6.07, 6.45) is 6.00. The second-order valence-electron chi connectivity index (χ2n) is 7.61. The highest BCUT2D eigenvalue weighted by Gasteiger charge is 2.21. The maximum atomic E-state index is 12.9. The van der Waals surface area contributed by atoms with E-state index >= 15 is 0 Å². The van der Waals surface area contributed by atoms with Crippen LogP contribution in [0.5, 0.6) is 0 Å². The number of nitrogens with zero attached hydrogens (tertiary/aromatic N) is 2. The second kappa shape index (κ2) is 8.87. The summed E-state index contributed by atoms with van der Waals surface area (Å²) in [7, 11) is 0. The smallest absolute Gasteiger partial charge is 0.247 e. The number of benzene rings is 2. The minimum absolute atomic E-state index is 0.244. The van der Waals surface area contributed by atoms with Gasteiger partial charge < -0.3 is 20.2 Å². The van der Waals surface area contributed by atoms with Crippen molar-refractivity contribution < 1.29 is 9.59 Å². The zero-order valence-corrected chi connectivity index (χ0v) is 17.6. The van der Waals surface area contributed by atoms with E-state index in [9.17, 15) is 9.59 Å². The van der Waals surface area contributed by atoms with Crippen molar-refractivity contribution in [2.24, 2.45) is 0 Å². The Morgan fingerprint density at radius 2 is 1.90 bits per heavy atom. The number of amides is 2. The molecule has 2 aromatic carbocycles. The van der Waals surface area contributed by atoms with Gasteiger partial charge in [-0.1, -0.05) is 30.3 Å². The summed E-state index contributed by atoms with van der Waals surface area (Å²) in [4.78, 5) is 32.1. The van der Waals surface area contributed by atoms with E-state index in [0.29, 0.717) is 12.1 Å². The lowest BCUT2D eigenvalue weighted by Gasteiger charge is -2.18. The summed E-state index contributed by atoms with van der Waals surface area (Å²) < 4.78 is 2.06. The van der Waals surface area contributed by atoms with E-state index in [-0.39, 0.29) is 11.8 Å². The lowest BCUT2D eigenvalue weighted by molar-refractivity contribution is -0.125. The van der Waals surface area contributed by atoms with Crippen molar-refractivity contribution in [3.63, 3.8) is 0 Å². The fourth-order valence-corrected chi connectivity index (χ4v) is 3.67. The average Bonchev–Trinajstić information content (AvgIpc) is 3.35. The van der Waals surface area contributed by atoms with Crippen molar-refractivity contribution in [1.29, 1.82) is 0 Å². The van der Waals surface area contributed by atoms with Crippen LogP contribution in [0.15, 0.2) is 67.1 Å². The highest BCUT2D eigenvalue weighted by atomic mass is 16.2. The average molecular weight is 415 g/mol. The molecule has 7 nitrogen and oxygen atoms in total. The number of aryl methyl sites for hydroxylation is 1. The number of aromatic nitrogens is 3. The number of anilines is 1. The summed E-state index contributed by atoms with van der Waals surface area (Å²) >= 11 is 0. The van der Waals surface area contributed by atoms with Crippen LogP contribution in [0.2, 0.25) is 0 Å². The molecule has 2 amide bonds. The molecule has 0 aliphatic carbocycles. The molecule has 1 unspecified atom stereocenters. The Morgan fingerprint density at radius 1 is 1.13 bits per heavy atom. The Kier molecular flexibility index (Phi) is 5.84. The van der Waals surface area contributed by atoms with Crippen LogP contribution < -0.4 is 10.6 Å². The Morgan fingerprint density at radius 3 is 2.61 bits per heavy atom. The molecule has 31 heavy (non-hydrogen) atoms. The van der Waals surface area contributed by atoms with E-state index in [4.69, 9.17) is 0 Å². The van der Waals surface area contributed by atoms with Crippen molar-refractivity contribution >= 4 is 28.4 Å². The van der Waals surface area contributed by atoms with Crippen LogP contribution in [0.1, 0.15) is 23.9 Å². The third kappa shape index (κ3) is 4.83. The maximum Gasteiger partial charge on any atom is 0.247 e. The minimum Gasteiger partial charge on any atom is -0.361 e. The summed E-state index contributed by atoms with van der Waals surface area (Å²) in [5.74, 6) is 0.456. The van der Waals surface area contributed by atoms with Crippen LogP contribution in [0, 0.1) is 6.92 Å². The number of para-hydroxylation sites is 1. The largest absolute Gasteiger partial charge is 0.361 e. The van der Waals surface area contributed by atoms with Gasteiger partial charge in [-0.25, -0.2) is 4.98 Å². The summed E-state index contributed by atoms with van der Waals surface area (Å²) in [5, 5.41) is 6.74. The predicted molar refractivity (Wildman–Crippen MR) is 121 cm³/mol. The van der Waals surface area contributed by atoms with E-state index in [1.807, 2.05) is 67.8 Å². The third-order valence-corrected chi connectivity index (χ3v) is 5.29. The van der Waals surface area contributed by atoms with Gasteiger partial charge in [0.25, 0.3) is 0 Å². The van der Waals surface area contributed by atoms with Gasteiger partial charge in [-0.3, -0.25) is 9.59 Å². The van der Waals surface area contributed by atoms with Crippen molar-refractivity contribution in [2.75, 3.05) is 5.32 Å². The van der Waals surface area contributed by atoms with Crippen LogP contribution in [-0.4, -0.2) is 32.4 Å². The van der Waals surface area contributed by atoms with E-state index in [0.717, 1.165) is 34.4 Å². The van der Waals surface area contributed by atoms with Crippen LogP contribution in [-0.2, 0) is 22.6 Å². The van der Waals surface area contributed by atoms with Gasteiger partial charge in [-0.2, -0.15) is 0 Å².